The molecule has 0 amide bonds. The normalized spacial score (nSPS) is 13.4. The minimum atomic E-state index is 0.721. The van der Waals surface area contributed by atoms with E-state index < -0.39 is 0 Å². The highest BCUT2D eigenvalue weighted by Gasteiger charge is 2.19. The lowest BCUT2D eigenvalue weighted by Crippen LogP contribution is -2.20. The Labute approximate surface area is 160 Å². The van der Waals surface area contributed by atoms with Crippen LogP contribution in [0.1, 0.15) is 16.8 Å². The van der Waals surface area contributed by atoms with E-state index in [-0.39, 0.29) is 0 Å². The van der Waals surface area contributed by atoms with Crippen molar-refractivity contribution in [1.29, 1.82) is 0 Å². The first-order chi connectivity index (χ1) is 13.1. The highest BCUT2D eigenvalue weighted by molar-refractivity contribution is 7.26. The predicted molar refractivity (Wildman–Crippen MR) is 112 cm³/mol. The third-order valence-electron chi connectivity index (χ3n) is 5.16. The minimum absolute atomic E-state index is 0.721. The van der Waals surface area contributed by atoms with Gasteiger partial charge in [-0.05, 0) is 37.1 Å². The molecular weight excluding hydrogens is 358 g/mol. The summed E-state index contributed by atoms with van der Waals surface area (Å²) in [6.45, 7) is 6.74. The lowest BCUT2D eigenvalue weighted by atomic mass is 10.1. The van der Waals surface area contributed by atoms with Gasteiger partial charge in [-0.2, -0.15) is 10.2 Å². The molecule has 8 heteroatoms. The van der Waals surface area contributed by atoms with E-state index in [4.69, 9.17) is 5.10 Å². The zero-order valence-electron chi connectivity index (χ0n) is 15.6. The zero-order valence-corrected chi connectivity index (χ0v) is 16.4. The lowest BCUT2D eigenvalue weighted by molar-refractivity contribution is 0.798. The second-order valence-electron chi connectivity index (χ2n) is 6.93. The number of rotatable bonds is 3. The van der Waals surface area contributed by atoms with Crippen LogP contribution < -0.4 is 16.0 Å². The lowest BCUT2D eigenvalue weighted by Gasteiger charge is -2.20. The van der Waals surface area contributed by atoms with Crippen molar-refractivity contribution in [1.82, 2.24) is 20.0 Å². The number of aromatic nitrogens is 4. The van der Waals surface area contributed by atoms with E-state index in [0.29, 0.717) is 0 Å². The van der Waals surface area contributed by atoms with Gasteiger partial charge in [-0.25, -0.2) is 0 Å². The van der Waals surface area contributed by atoms with Gasteiger partial charge in [-0.1, -0.05) is 6.07 Å². The number of hydrogen-bond acceptors (Lipinski definition) is 7. The number of nitrogens with one attached hydrogen (secondary N) is 3. The van der Waals surface area contributed by atoms with Gasteiger partial charge in [0.05, 0.1) is 27.3 Å². The predicted octanol–water partition coefficient (Wildman–Crippen LogP) is 3.64. The van der Waals surface area contributed by atoms with E-state index in [2.05, 4.69) is 51.3 Å². The molecule has 3 aromatic heterocycles. The maximum absolute atomic E-state index is 4.71. The summed E-state index contributed by atoms with van der Waals surface area (Å²) in [6.07, 6.45) is 0. The van der Waals surface area contributed by atoms with E-state index >= 15 is 0 Å². The maximum atomic E-state index is 4.71. The van der Waals surface area contributed by atoms with Crippen LogP contribution >= 0.6 is 11.3 Å². The molecular formula is C19H21N7S. The topological polar surface area (TPSA) is 79.7 Å². The average Bonchev–Trinajstić information content (AvgIpc) is 3.21. The third-order valence-corrected chi connectivity index (χ3v) is 6.23. The Balaban J connectivity index is 1.50. The summed E-state index contributed by atoms with van der Waals surface area (Å²) in [5, 5.41) is 24.9. The molecule has 27 heavy (non-hydrogen) atoms. The minimum Gasteiger partial charge on any atom is -0.382 e. The summed E-state index contributed by atoms with van der Waals surface area (Å²) >= 11 is 1.65. The Morgan fingerprint density at radius 2 is 1.96 bits per heavy atom. The standard InChI is InChI=1S/C19H21N7S/c1-10-11(2)23-24-19-15(10)16-17(27-19)18(25-26(16)3)22-9-12-4-5-13-14(8-12)21-7-6-20-13/h4-5,8,20-21H,6-7,9H2,1-3H3,(H,22,25). The molecule has 4 aromatic rings. The molecule has 1 aliphatic heterocycles. The molecule has 0 atom stereocenters. The van der Waals surface area contributed by atoms with Crippen molar-refractivity contribution in [3.8, 4) is 0 Å². The molecule has 1 aliphatic rings. The van der Waals surface area contributed by atoms with Crippen LogP contribution in [0.25, 0.3) is 20.4 Å². The summed E-state index contributed by atoms with van der Waals surface area (Å²) in [7, 11) is 1.99. The monoisotopic (exact) mass is 379 g/mol. The van der Waals surface area contributed by atoms with Crippen molar-refractivity contribution in [2.75, 3.05) is 29.0 Å². The van der Waals surface area contributed by atoms with E-state index in [0.717, 1.165) is 57.3 Å². The number of hydrogen-bond donors (Lipinski definition) is 3. The molecule has 138 valence electrons. The number of thiophene rings is 1. The summed E-state index contributed by atoms with van der Waals surface area (Å²) < 4.78 is 3.08. The first-order valence-electron chi connectivity index (χ1n) is 9.05. The number of aryl methyl sites for hydroxylation is 3. The Kier molecular flexibility index (Phi) is 3.68. The van der Waals surface area contributed by atoms with Gasteiger partial charge in [0.15, 0.2) is 5.82 Å². The van der Waals surface area contributed by atoms with Crippen LogP contribution in [0.4, 0.5) is 17.2 Å². The molecule has 0 spiro atoms. The highest BCUT2D eigenvalue weighted by atomic mass is 32.1. The maximum Gasteiger partial charge on any atom is 0.166 e. The van der Waals surface area contributed by atoms with Crippen molar-refractivity contribution >= 4 is 49.0 Å². The molecule has 0 bridgehead atoms. The van der Waals surface area contributed by atoms with Gasteiger partial charge in [-0.15, -0.1) is 16.4 Å². The van der Waals surface area contributed by atoms with Crippen LogP contribution in [0, 0.1) is 13.8 Å². The van der Waals surface area contributed by atoms with E-state index in [9.17, 15) is 0 Å². The van der Waals surface area contributed by atoms with Crippen LogP contribution in [0.15, 0.2) is 18.2 Å². The highest BCUT2D eigenvalue weighted by Crippen LogP contribution is 2.38. The number of fused-ring (bicyclic) bond motifs is 4. The summed E-state index contributed by atoms with van der Waals surface area (Å²) in [4.78, 5) is 0.966. The molecule has 0 saturated heterocycles. The average molecular weight is 379 g/mol. The van der Waals surface area contributed by atoms with Gasteiger partial charge in [0.25, 0.3) is 0 Å². The van der Waals surface area contributed by atoms with Crippen LogP contribution in [-0.2, 0) is 13.6 Å². The van der Waals surface area contributed by atoms with Gasteiger partial charge in [0, 0.05) is 32.1 Å². The number of nitrogens with zero attached hydrogens (tertiary/aromatic N) is 4. The molecule has 1 aromatic carbocycles. The molecule has 4 heterocycles. The molecule has 0 aliphatic carbocycles. The second-order valence-corrected chi connectivity index (χ2v) is 7.93. The molecule has 0 unspecified atom stereocenters. The number of benzene rings is 1. The Hall–Kier alpha value is -2.87. The largest absolute Gasteiger partial charge is 0.382 e. The SMILES string of the molecule is Cc1nnc2sc3c(NCc4ccc5c(c4)NCCN5)nn(C)c3c2c1C. The Bertz CT molecular complexity index is 1170. The first kappa shape index (κ1) is 16.3. The fourth-order valence-electron chi connectivity index (χ4n) is 3.61. The van der Waals surface area contributed by atoms with Crippen molar-refractivity contribution in [2.24, 2.45) is 7.05 Å². The van der Waals surface area contributed by atoms with Crippen LogP contribution in [0.5, 0.6) is 0 Å². The van der Waals surface area contributed by atoms with Crippen molar-refractivity contribution in [3.05, 3.63) is 35.0 Å². The fourth-order valence-corrected chi connectivity index (χ4v) is 4.78. The van der Waals surface area contributed by atoms with Gasteiger partial charge in [0.1, 0.15) is 4.83 Å². The summed E-state index contributed by atoms with van der Waals surface area (Å²) in [6, 6.07) is 6.47. The molecule has 7 nitrogen and oxygen atoms in total. The molecule has 0 saturated carbocycles. The molecule has 0 fully saturated rings. The number of anilines is 3. The van der Waals surface area contributed by atoms with Crippen LogP contribution in [0.3, 0.4) is 0 Å². The molecule has 3 N–H and O–H groups in total. The van der Waals surface area contributed by atoms with Crippen LogP contribution in [0.2, 0.25) is 0 Å². The van der Waals surface area contributed by atoms with Crippen molar-refractivity contribution in [3.63, 3.8) is 0 Å². The van der Waals surface area contributed by atoms with Crippen molar-refractivity contribution in [2.45, 2.75) is 20.4 Å². The molecule has 0 radical (unpaired) electrons. The summed E-state index contributed by atoms with van der Waals surface area (Å²) in [5.41, 5.74) is 6.82. The third kappa shape index (κ3) is 2.59. The quantitative estimate of drug-likeness (QED) is 0.504. The van der Waals surface area contributed by atoms with Gasteiger partial charge in [-0.3, -0.25) is 4.68 Å². The fraction of sp³-hybridized carbons (Fsp3) is 0.316. The second kappa shape index (κ2) is 6.09. The smallest absolute Gasteiger partial charge is 0.166 e. The van der Waals surface area contributed by atoms with Gasteiger partial charge < -0.3 is 16.0 Å². The van der Waals surface area contributed by atoms with Gasteiger partial charge in [0.2, 0.25) is 0 Å². The van der Waals surface area contributed by atoms with Crippen molar-refractivity contribution < 1.29 is 0 Å². The summed E-state index contributed by atoms with van der Waals surface area (Å²) in [5.74, 6) is 0.899. The van der Waals surface area contributed by atoms with E-state index in [1.54, 1.807) is 11.3 Å². The zero-order chi connectivity index (χ0) is 18.5. The van der Waals surface area contributed by atoms with Crippen LogP contribution in [-0.4, -0.2) is 33.1 Å². The van der Waals surface area contributed by atoms with E-state index in [1.165, 1.54) is 16.8 Å². The molecule has 5 rings (SSSR count). The Morgan fingerprint density at radius 1 is 1.15 bits per heavy atom. The van der Waals surface area contributed by atoms with Gasteiger partial charge >= 0.3 is 0 Å². The van der Waals surface area contributed by atoms with E-state index in [1.807, 2.05) is 18.7 Å². The Morgan fingerprint density at radius 3 is 2.81 bits per heavy atom. The first-order valence-corrected chi connectivity index (χ1v) is 9.87.